The van der Waals surface area contributed by atoms with Gasteiger partial charge in [-0.3, -0.25) is 9.78 Å². The number of carbonyl (C=O) groups is 1. The molecule has 0 unspecified atom stereocenters. The van der Waals surface area contributed by atoms with Crippen LogP contribution < -0.4 is 10.5 Å². The van der Waals surface area contributed by atoms with Crippen LogP contribution in [0.1, 0.15) is 63.0 Å². The van der Waals surface area contributed by atoms with E-state index in [-0.39, 0.29) is 17.9 Å². The summed E-state index contributed by atoms with van der Waals surface area (Å²) in [6, 6.07) is 7.67. The Morgan fingerprint density at radius 2 is 2.09 bits per heavy atom. The second-order valence-corrected chi connectivity index (χ2v) is 11.3. The minimum absolute atomic E-state index is 0.156. The molecule has 3 atom stereocenters. The average Bonchev–Trinajstić information content (AvgIpc) is 2.87. The smallest absolute Gasteiger partial charge is 0.308 e. The van der Waals surface area contributed by atoms with Crippen molar-refractivity contribution in [2.45, 2.75) is 62.7 Å². The van der Waals surface area contributed by atoms with Gasteiger partial charge >= 0.3 is 5.97 Å². The van der Waals surface area contributed by atoms with Crippen LogP contribution >= 0.6 is 11.8 Å². The summed E-state index contributed by atoms with van der Waals surface area (Å²) >= 11 is 2.10. The highest BCUT2D eigenvalue weighted by molar-refractivity contribution is 7.99. The van der Waals surface area contributed by atoms with Crippen molar-refractivity contribution in [2.75, 3.05) is 32.5 Å². The third kappa shape index (κ3) is 6.43. The Kier molecular flexibility index (Phi) is 9.09. The number of pyridine rings is 1. The second-order valence-electron chi connectivity index (χ2n) is 9.89. The summed E-state index contributed by atoms with van der Waals surface area (Å²) in [6.45, 7) is 2.65. The number of carboxylic acids is 1. The fourth-order valence-corrected chi connectivity index (χ4v) is 6.99. The van der Waals surface area contributed by atoms with Crippen LogP contribution in [0.15, 0.2) is 30.5 Å². The SMILES string of the molecule is COc1ccc2nccc([C@@H](N)CC[C@@H]3CCN(CCSC4CCCCC4)C[C@@H]3C(=O)O)c2c1. The first-order chi connectivity index (χ1) is 16.5. The van der Waals surface area contributed by atoms with Crippen LogP contribution in [0.3, 0.4) is 0 Å². The first-order valence-electron chi connectivity index (χ1n) is 12.8. The monoisotopic (exact) mass is 485 g/mol. The van der Waals surface area contributed by atoms with E-state index in [0.717, 1.165) is 65.6 Å². The lowest BCUT2D eigenvalue weighted by atomic mass is 9.81. The second kappa shape index (κ2) is 12.2. The maximum atomic E-state index is 12.1. The van der Waals surface area contributed by atoms with Crippen molar-refractivity contribution in [3.05, 3.63) is 36.0 Å². The minimum Gasteiger partial charge on any atom is -0.497 e. The number of nitrogens with two attached hydrogens (primary N) is 1. The summed E-state index contributed by atoms with van der Waals surface area (Å²) in [4.78, 5) is 18.9. The lowest BCUT2D eigenvalue weighted by Gasteiger charge is -2.37. The van der Waals surface area contributed by atoms with E-state index in [0.29, 0.717) is 6.54 Å². The van der Waals surface area contributed by atoms with Gasteiger partial charge in [-0.2, -0.15) is 11.8 Å². The average molecular weight is 486 g/mol. The molecule has 1 aromatic heterocycles. The van der Waals surface area contributed by atoms with Gasteiger partial charge in [0.1, 0.15) is 5.75 Å². The summed E-state index contributed by atoms with van der Waals surface area (Å²) in [5.74, 6) is 1.10. The van der Waals surface area contributed by atoms with Crippen LogP contribution in [0.5, 0.6) is 5.75 Å². The van der Waals surface area contributed by atoms with Gasteiger partial charge in [-0.05, 0) is 74.4 Å². The molecule has 1 aromatic carbocycles. The Bertz CT molecular complexity index is 950. The summed E-state index contributed by atoms with van der Waals surface area (Å²) < 4.78 is 5.38. The van der Waals surface area contributed by atoms with Crippen LogP contribution in [-0.4, -0.2) is 58.7 Å². The molecule has 1 saturated carbocycles. The van der Waals surface area contributed by atoms with E-state index in [1.54, 1.807) is 13.3 Å². The maximum absolute atomic E-state index is 12.1. The predicted octanol–water partition coefficient (Wildman–Crippen LogP) is 5.11. The lowest BCUT2D eigenvalue weighted by Crippen LogP contribution is -2.44. The van der Waals surface area contributed by atoms with Crippen LogP contribution in [-0.2, 0) is 4.79 Å². The highest BCUT2D eigenvalue weighted by Crippen LogP contribution is 2.33. The van der Waals surface area contributed by atoms with E-state index in [9.17, 15) is 9.90 Å². The largest absolute Gasteiger partial charge is 0.497 e. The summed E-state index contributed by atoms with van der Waals surface area (Å²) in [7, 11) is 1.66. The molecule has 2 aliphatic rings. The normalized spacial score (nSPS) is 23.1. The Morgan fingerprint density at radius 3 is 2.85 bits per heavy atom. The molecular weight excluding hydrogens is 446 g/mol. The number of rotatable bonds is 10. The number of carboxylic acid groups (broad SMARTS) is 1. The molecule has 1 aliphatic carbocycles. The van der Waals surface area contributed by atoms with Crippen LogP contribution in [0.2, 0.25) is 0 Å². The number of thioether (sulfide) groups is 1. The molecule has 34 heavy (non-hydrogen) atoms. The van der Waals surface area contributed by atoms with Crippen LogP contribution in [0.25, 0.3) is 10.9 Å². The third-order valence-electron chi connectivity index (χ3n) is 7.70. The molecular formula is C27H39N3O3S. The van der Waals surface area contributed by atoms with Gasteiger partial charge in [0.15, 0.2) is 0 Å². The van der Waals surface area contributed by atoms with Gasteiger partial charge in [-0.25, -0.2) is 0 Å². The third-order valence-corrected chi connectivity index (χ3v) is 9.06. The van der Waals surface area contributed by atoms with E-state index < -0.39 is 5.97 Å². The highest BCUT2D eigenvalue weighted by atomic mass is 32.2. The molecule has 2 aromatic rings. The van der Waals surface area contributed by atoms with Gasteiger partial charge < -0.3 is 20.5 Å². The van der Waals surface area contributed by atoms with Gasteiger partial charge in [-0.15, -0.1) is 0 Å². The van der Waals surface area contributed by atoms with Gasteiger partial charge in [0.25, 0.3) is 0 Å². The zero-order valence-electron chi connectivity index (χ0n) is 20.3. The number of hydrogen-bond acceptors (Lipinski definition) is 6. The molecule has 186 valence electrons. The van der Waals surface area contributed by atoms with Crippen LogP contribution in [0, 0.1) is 11.8 Å². The van der Waals surface area contributed by atoms with Crippen molar-refractivity contribution in [1.82, 2.24) is 9.88 Å². The number of methoxy groups -OCH3 is 1. The Labute approximate surface area is 207 Å². The number of aromatic nitrogens is 1. The topological polar surface area (TPSA) is 88.7 Å². The standard InChI is InChI=1S/C27H39N3O3S/c1-33-20-8-10-26-23(17-20)22(11-13-29-26)25(28)9-7-19-12-14-30(18-24(19)27(31)32)15-16-34-21-5-3-2-4-6-21/h8,10-11,13,17,19,21,24-25H,2-7,9,12,14-16,18,28H2,1H3,(H,31,32)/t19-,24+,25+/m1/s1. The quantitative estimate of drug-likeness (QED) is 0.483. The van der Waals surface area contributed by atoms with Gasteiger partial charge in [0.05, 0.1) is 18.5 Å². The van der Waals surface area contributed by atoms with Crippen molar-refractivity contribution in [2.24, 2.45) is 17.6 Å². The Hall–Kier alpha value is -1.83. The number of hydrogen-bond donors (Lipinski definition) is 2. The van der Waals surface area contributed by atoms with E-state index in [2.05, 4.69) is 21.6 Å². The van der Waals surface area contributed by atoms with Crippen molar-refractivity contribution >= 4 is 28.6 Å². The fraction of sp³-hybridized carbons (Fsp3) is 0.630. The molecule has 2 heterocycles. The molecule has 1 aliphatic heterocycles. The lowest BCUT2D eigenvalue weighted by molar-refractivity contribution is -0.146. The summed E-state index contributed by atoms with van der Waals surface area (Å²) in [6.07, 6.45) is 11.2. The van der Waals surface area contributed by atoms with E-state index in [1.165, 1.54) is 32.1 Å². The molecule has 6 nitrogen and oxygen atoms in total. The number of nitrogens with zero attached hydrogens (tertiary/aromatic N) is 2. The number of piperidine rings is 1. The summed E-state index contributed by atoms with van der Waals surface area (Å²) in [5.41, 5.74) is 8.57. The van der Waals surface area contributed by atoms with Crippen molar-refractivity contribution in [3.63, 3.8) is 0 Å². The minimum atomic E-state index is -0.665. The maximum Gasteiger partial charge on any atom is 0.308 e. The van der Waals surface area contributed by atoms with Crippen LogP contribution in [0.4, 0.5) is 0 Å². The Morgan fingerprint density at radius 1 is 1.26 bits per heavy atom. The highest BCUT2D eigenvalue weighted by Gasteiger charge is 2.34. The number of benzene rings is 1. The Balaban J connectivity index is 1.31. The van der Waals surface area contributed by atoms with Gasteiger partial charge in [-0.1, -0.05) is 19.3 Å². The molecule has 0 spiro atoms. The number of aliphatic carboxylic acids is 1. The zero-order chi connectivity index (χ0) is 23.9. The molecule has 0 amide bonds. The number of fused-ring (bicyclic) bond motifs is 1. The predicted molar refractivity (Wildman–Crippen MR) is 139 cm³/mol. The molecule has 0 radical (unpaired) electrons. The first-order valence-corrected chi connectivity index (χ1v) is 13.8. The number of ether oxygens (including phenoxy) is 1. The summed E-state index contributed by atoms with van der Waals surface area (Å²) in [5, 5.41) is 11.8. The van der Waals surface area contributed by atoms with E-state index in [4.69, 9.17) is 10.5 Å². The molecule has 7 heteroatoms. The van der Waals surface area contributed by atoms with Crippen molar-refractivity contribution in [1.29, 1.82) is 0 Å². The first kappa shape index (κ1) is 25.3. The zero-order valence-corrected chi connectivity index (χ0v) is 21.1. The molecule has 0 bridgehead atoms. The number of likely N-dealkylation sites (tertiary alicyclic amines) is 1. The molecule has 3 N–H and O–H groups in total. The van der Waals surface area contributed by atoms with Gasteiger partial charge in [0, 0.05) is 41.7 Å². The van der Waals surface area contributed by atoms with E-state index >= 15 is 0 Å². The fourth-order valence-electron chi connectivity index (χ4n) is 5.62. The van der Waals surface area contributed by atoms with Crippen molar-refractivity contribution < 1.29 is 14.6 Å². The molecule has 4 rings (SSSR count). The van der Waals surface area contributed by atoms with E-state index in [1.807, 2.05) is 24.3 Å². The molecule has 1 saturated heterocycles. The van der Waals surface area contributed by atoms with Gasteiger partial charge in [0.2, 0.25) is 0 Å². The molecule has 2 fully saturated rings. The van der Waals surface area contributed by atoms with Crippen molar-refractivity contribution in [3.8, 4) is 5.75 Å².